The number of phenolic OH excluding ortho intramolecular Hbond substituents is 1. The summed E-state index contributed by atoms with van der Waals surface area (Å²) >= 11 is 0. The molecule has 27 heavy (non-hydrogen) atoms. The average molecular weight is 368 g/mol. The molecular weight excluding hydrogens is 348 g/mol. The maximum absolute atomic E-state index is 12.4. The van der Waals surface area contributed by atoms with Gasteiger partial charge in [0.25, 0.3) is 0 Å². The predicted molar refractivity (Wildman–Crippen MR) is 98.3 cm³/mol. The second kappa shape index (κ2) is 7.95. The number of methoxy groups -OCH3 is 1. The summed E-state index contributed by atoms with van der Waals surface area (Å²) in [5.74, 6) is -0.781. The van der Waals surface area contributed by atoms with Crippen molar-refractivity contribution in [3.8, 4) is 11.5 Å². The largest absolute Gasteiger partial charge is 0.508 e. The molecule has 0 amide bonds. The Morgan fingerprint density at radius 1 is 1.19 bits per heavy atom. The predicted octanol–water partition coefficient (Wildman–Crippen LogP) is 3.36. The van der Waals surface area contributed by atoms with E-state index in [1.165, 1.54) is 13.2 Å². The number of benzene rings is 2. The van der Waals surface area contributed by atoms with E-state index >= 15 is 0 Å². The zero-order valence-electron chi connectivity index (χ0n) is 15.0. The second-order valence-electron chi connectivity index (χ2n) is 6.01. The van der Waals surface area contributed by atoms with Gasteiger partial charge in [0.1, 0.15) is 23.5 Å². The highest BCUT2D eigenvalue weighted by atomic mass is 16.5. The smallest absolute Gasteiger partial charge is 0.330 e. The van der Waals surface area contributed by atoms with Gasteiger partial charge in [0, 0.05) is 11.6 Å². The van der Waals surface area contributed by atoms with Crippen molar-refractivity contribution in [1.29, 1.82) is 0 Å². The summed E-state index contributed by atoms with van der Waals surface area (Å²) in [6, 6.07) is 11.9. The summed E-state index contributed by atoms with van der Waals surface area (Å²) in [6.45, 7) is 2.04. The molecule has 6 heteroatoms. The topological polar surface area (TPSA) is 82.1 Å². The van der Waals surface area contributed by atoms with E-state index in [-0.39, 0.29) is 5.75 Å². The minimum Gasteiger partial charge on any atom is -0.508 e. The van der Waals surface area contributed by atoms with E-state index in [1.807, 2.05) is 0 Å². The number of carbonyl (C=O) groups is 2. The fourth-order valence-corrected chi connectivity index (χ4v) is 3.05. The molecule has 2 aromatic rings. The summed E-state index contributed by atoms with van der Waals surface area (Å²) in [5, 5.41) is 9.49. The van der Waals surface area contributed by atoms with Crippen LogP contribution in [0.2, 0.25) is 0 Å². The van der Waals surface area contributed by atoms with Gasteiger partial charge in [0.2, 0.25) is 0 Å². The van der Waals surface area contributed by atoms with Gasteiger partial charge in [-0.25, -0.2) is 4.79 Å². The van der Waals surface area contributed by atoms with E-state index in [1.54, 1.807) is 55.5 Å². The lowest BCUT2D eigenvalue weighted by Crippen LogP contribution is -2.20. The van der Waals surface area contributed by atoms with Crippen molar-refractivity contribution in [2.24, 2.45) is 0 Å². The first kappa shape index (κ1) is 18.5. The monoisotopic (exact) mass is 368 g/mol. The van der Waals surface area contributed by atoms with Gasteiger partial charge in [-0.2, -0.15) is 0 Å². The molecule has 1 heterocycles. The molecule has 0 bridgehead atoms. The van der Waals surface area contributed by atoms with Crippen LogP contribution in [0, 0.1) is 0 Å². The van der Waals surface area contributed by atoms with E-state index < -0.39 is 24.0 Å². The van der Waals surface area contributed by atoms with Crippen molar-refractivity contribution in [1.82, 2.24) is 0 Å². The number of fused-ring (bicyclic) bond motifs is 1. The number of carbonyl (C=O) groups excluding carboxylic acids is 2. The Hall–Kier alpha value is -3.28. The van der Waals surface area contributed by atoms with Gasteiger partial charge in [0.15, 0.2) is 0 Å². The third-order valence-electron chi connectivity index (χ3n) is 4.30. The molecule has 0 saturated heterocycles. The number of ether oxygens (including phenoxy) is 3. The molecule has 0 fully saturated rings. The molecule has 0 spiro atoms. The zero-order valence-corrected chi connectivity index (χ0v) is 15.0. The second-order valence-corrected chi connectivity index (χ2v) is 6.01. The number of rotatable bonds is 5. The third-order valence-corrected chi connectivity index (χ3v) is 4.30. The first-order valence-electron chi connectivity index (χ1n) is 8.55. The van der Waals surface area contributed by atoms with Gasteiger partial charge in [-0.05, 0) is 48.4 Å². The van der Waals surface area contributed by atoms with Gasteiger partial charge >= 0.3 is 11.9 Å². The van der Waals surface area contributed by atoms with Gasteiger partial charge in [-0.3, -0.25) is 4.79 Å². The molecule has 140 valence electrons. The molecule has 0 unspecified atom stereocenters. The van der Waals surface area contributed by atoms with Crippen LogP contribution in [0.5, 0.6) is 11.5 Å². The van der Waals surface area contributed by atoms with Crippen LogP contribution >= 0.6 is 0 Å². The van der Waals surface area contributed by atoms with E-state index in [9.17, 15) is 14.7 Å². The molecule has 2 aromatic carbocycles. The van der Waals surface area contributed by atoms with Crippen LogP contribution in [0.3, 0.4) is 0 Å². The minimum absolute atomic E-state index is 0.135. The lowest BCUT2D eigenvalue weighted by molar-refractivity contribution is -0.144. The maximum atomic E-state index is 12.4. The summed E-state index contributed by atoms with van der Waals surface area (Å²) in [4.78, 5) is 24.0. The number of esters is 2. The van der Waals surface area contributed by atoms with E-state index in [0.717, 1.165) is 11.1 Å². The van der Waals surface area contributed by atoms with Crippen molar-refractivity contribution in [2.75, 3.05) is 13.7 Å². The molecule has 0 radical (unpaired) electrons. The lowest BCUT2D eigenvalue weighted by Gasteiger charge is -2.17. The van der Waals surface area contributed by atoms with E-state index in [2.05, 4.69) is 0 Å². The summed E-state index contributed by atoms with van der Waals surface area (Å²) < 4.78 is 15.8. The van der Waals surface area contributed by atoms with E-state index in [0.29, 0.717) is 17.9 Å². The van der Waals surface area contributed by atoms with Crippen molar-refractivity contribution in [2.45, 2.75) is 18.9 Å². The SMILES string of the molecule is CCOC(=O)/C=C/c1ccc2c(c1)[C@@H](C(=O)OC)[C@H](c1ccc(O)cc1)O2. The Bertz CT molecular complexity index is 869. The van der Waals surface area contributed by atoms with Gasteiger partial charge in [0.05, 0.1) is 13.7 Å². The van der Waals surface area contributed by atoms with Gasteiger partial charge in [-0.15, -0.1) is 0 Å². The molecule has 0 aliphatic carbocycles. The Morgan fingerprint density at radius 2 is 1.93 bits per heavy atom. The van der Waals surface area contributed by atoms with Gasteiger partial charge < -0.3 is 19.3 Å². The molecule has 1 aliphatic rings. The Kier molecular flexibility index (Phi) is 5.45. The fraction of sp³-hybridized carbons (Fsp3) is 0.238. The lowest BCUT2D eigenvalue weighted by atomic mass is 9.90. The third kappa shape index (κ3) is 3.95. The molecule has 3 rings (SSSR count). The quantitative estimate of drug-likeness (QED) is 0.644. The highest BCUT2D eigenvalue weighted by molar-refractivity contribution is 5.87. The van der Waals surface area contributed by atoms with Crippen LogP contribution in [0.1, 0.15) is 35.6 Å². The van der Waals surface area contributed by atoms with Crippen molar-refractivity contribution in [3.63, 3.8) is 0 Å². The highest BCUT2D eigenvalue weighted by Gasteiger charge is 2.41. The Morgan fingerprint density at radius 3 is 2.59 bits per heavy atom. The molecule has 6 nitrogen and oxygen atoms in total. The maximum Gasteiger partial charge on any atom is 0.330 e. The number of hydrogen-bond donors (Lipinski definition) is 1. The minimum atomic E-state index is -0.648. The van der Waals surface area contributed by atoms with Crippen molar-refractivity contribution in [3.05, 3.63) is 65.2 Å². The van der Waals surface area contributed by atoms with Crippen LogP contribution in [-0.4, -0.2) is 30.8 Å². The Balaban J connectivity index is 1.94. The normalized spacial score (nSPS) is 18.0. The van der Waals surface area contributed by atoms with Crippen LogP contribution in [-0.2, 0) is 19.1 Å². The van der Waals surface area contributed by atoms with E-state index in [4.69, 9.17) is 14.2 Å². The van der Waals surface area contributed by atoms with Crippen LogP contribution in [0.15, 0.2) is 48.5 Å². The summed E-state index contributed by atoms with van der Waals surface area (Å²) in [5.41, 5.74) is 2.18. The van der Waals surface area contributed by atoms with Crippen molar-refractivity contribution < 1.29 is 28.9 Å². The standard InChI is InChI=1S/C21H20O6/c1-3-26-18(23)11-5-13-4-10-17-16(12-13)19(21(24)25-2)20(27-17)14-6-8-15(22)9-7-14/h4-12,19-20,22H,3H2,1-2H3/b11-5+/t19-,20+/m1/s1. The number of phenols is 1. The van der Waals surface area contributed by atoms with Gasteiger partial charge in [-0.1, -0.05) is 18.2 Å². The van der Waals surface area contributed by atoms with Crippen LogP contribution < -0.4 is 4.74 Å². The molecule has 1 N–H and O–H groups in total. The highest BCUT2D eigenvalue weighted by Crippen LogP contribution is 2.47. The van der Waals surface area contributed by atoms with Crippen LogP contribution in [0.25, 0.3) is 6.08 Å². The van der Waals surface area contributed by atoms with Crippen LogP contribution in [0.4, 0.5) is 0 Å². The Labute approximate surface area is 157 Å². The fourth-order valence-electron chi connectivity index (χ4n) is 3.05. The molecule has 2 atom stereocenters. The molecular formula is C21H20O6. The average Bonchev–Trinajstić information content (AvgIpc) is 3.05. The summed E-state index contributed by atoms with van der Waals surface area (Å²) in [7, 11) is 1.33. The molecule has 1 aliphatic heterocycles. The molecule has 0 saturated carbocycles. The zero-order chi connectivity index (χ0) is 19.4. The molecule has 0 aromatic heterocycles. The number of aromatic hydroxyl groups is 1. The number of hydrogen-bond acceptors (Lipinski definition) is 6. The van der Waals surface area contributed by atoms with Crippen molar-refractivity contribution >= 4 is 18.0 Å². The first-order valence-corrected chi connectivity index (χ1v) is 8.55. The first-order chi connectivity index (χ1) is 13.0. The summed E-state index contributed by atoms with van der Waals surface area (Å²) in [6.07, 6.45) is 2.41.